The van der Waals surface area contributed by atoms with Crippen LogP contribution in [0.2, 0.25) is 0 Å². The summed E-state index contributed by atoms with van der Waals surface area (Å²) in [5, 5.41) is 0. The Labute approximate surface area is 111 Å². The lowest BCUT2D eigenvalue weighted by molar-refractivity contribution is -0.134. The first-order valence-electron chi connectivity index (χ1n) is 5.97. The van der Waals surface area contributed by atoms with Gasteiger partial charge in [0.25, 0.3) is 0 Å². The van der Waals surface area contributed by atoms with E-state index >= 15 is 0 Å². The number of rotatable bonds is 5. The van der Waals surface area contributed by atoms with E-state index in [1.165, 1.54) is 0 Å². The highest BCUT2D eigenvalue weighted by molar-refractivity contribution is 5.72. The van der Waals surface area contributed by atoms with Crippen LogP contribution in [-0.4, -0.2) is 15.9 Å². The van der Waals surface area contributed by atoms with Gasteiger partial charge in [0.05, 0.1) is 11.9 Å². The molecule has 0 amide bonds. The maximum absolute atomic E-state index is 11.3. The van der Waals surface area contributed by atoms with E-state index in [4.69, 9.17) is 9.47 Å². The topological polar surface area (TPSA) is 61.3 Å². The molecule has 0 saturated heterocycles. The fourth-order valence-corrected chi connectivity index (χ4v) is 1.40. The summed E-state index contributed by atoms with van der Waals surface area (Å²) in [7, 11) is 0. The molecular weight excluding hydrogens is 244 g/mol. The summed E-state index contributed by atoms with van der Waals surface area (Å²) < 4.78 is 10.8. The number of carbonyl (C=O) groups is 1. The van der Waals surface area contributed by atoms with Gasteiger partial charge in [0.15, 0.2) is 11.5 Å². The molecule has 0 aliphatic carbocycles. The molecule has 0 bridgehead atoms. The third-order valence-corrected chi connectivity index (χ3v) is 2.35. The lowest BCUT2D eigenvalue weighted by Crippen LogP contribution is -2.07. The predicted molar refractivity (Wildman–Crippen MR) is 68.7 cm³/mol. The number of carbonyl (C=O) groups excluding carboxylic acids is 1. The van der Waals surface area contributed by atoms with Crippen LogP contribution in [0.25, 0.3) is 0 Å². The van der Waals surface area contributed by atoms with Gasteiger partial charge in [0, 0.05) is 18.8 Å². The van der Waals surface area contributed by atoms with Crippen LogP contribution < -0.4 is 9.47 Å². The van der Waals surface area contributed by atoms with Crippen LogP contribution in [0, 0.1) is 0 Å². The number of esters is 1. The first-order valence-corrected chi connectivity index (χ1v) is 5.97. The summed E-state index contributed by atoms with van der Waals surface area (Å²) in [5.74, 6) is 0.628. The molecule has 5 nitrogen and oxygen atoms in total. The van der Waals surface area contributed by atoms with Gasteiger partial charge in [-0.3, -0.25) is 14.8 Å². The van der Waals surface area contributed by atoms with Crippen molar-refractivity contribution in [3.8, 4) is 11.5 Å². The molecule has 5 heteroatoms. The molecule has 0 saturated carbocycles. The van der Waals surface area contributed by atoms with Crippen LogP contribution in [0.4, 0.5) is 0 Å². The Balaban J connectivity index is 2.05. The van der Waals surface area contributed by atoms with Gasteiger partial charge in [-0.2, -0.15) is 0 Å². The molecule has 0 aliphatic heterocycles. The second kappa shape index (κ2) is 6.49. The van der Waals surface area contributed by atoms with Crippen molar-refractivity contribution in [2.45, 2.75) is 20.0 Å². The number of nitrogens with zero attached hydrogens (tertiary/aromatic N) is 2. The van der Waals surface area contributed by atoms with Crippen molar-refractivity contribution in [1.29, 1.82) is 0 Å². The third-order valence-electron chi connectivity index (χ3n) is 2.35. The van der Waals surface area contributed by atoms with Crippen molar-refractivity contribution in [3.63, 3.8) is 0 Å². The average molecular weight is 258 g/mol. The Hall–Kier alpha value is -2.43. The van der Waals surface area contributed by atoms with Gasteiger partial charge in [0.1, 0.15) is 6.61 Å². The third kappa shape index (κ3) is 3.77. The van der Waals surface area contributed by atoms with Crippen molar-refractivity contribution in [3.05, 3.63) is 48.5 Å². The molecular formula is C14H14N2O3. The largest absolute Gasteiger partial charge is 0.483 e. The minimum Gasteiger partial charge on any atom is -0.483 e. The van der Waals surface area contributed by atoms with Crippen LogP contribution >= 0.6 is 0 Å². The molecule has 0 spiro atoms. The van der Waals surface area contributed by atoms with Gasteiger partial charge >= 0.3 is 5.97 Å². The summed E-state index contributed by atoms with van der Waals surface area (Å²) >= 11 is 0. The smallest absolute Gasteiger partial charge is 0.311 e. The zero-order valence-electron chi connectivity index (χ0n) is 10.6. The first-order chi connectivity index (χ1) is 9.29. The fourth-order valence-electron chi connectivity index (χ4n) is 1.40. The van der Waals surface area contributed by atoms with E-state index in [1.807, 2.05) is 6.07 Å². The minimum absolute atomic E-state index is 0.272. The normalized spacial score (nSPS) is 9.95. The van der Waals surface area contributed by atoms with Crippen molar-refractivity contribution in [2.24, 2.45) is 0 Å². The standard InChI is InChI=1S/C14H14N2O3/c1-2-14(17)19-13-6-4-3-5-12(13)18-10-11-9-15-7-8-16-11/h3-9H,2,10H2,1H3. The Morgan fingerprint density at radius 2 is 2.00 bits per heavy atom. The summed E-state index contributed by atoms with van der Waals surface area (Å²) in [6.45, 7) is 2.01. The minimum atomic E-state index is -0.296. The number of para-hydroxylation sites is 2. The zero-order chi connectivity index (χ0) is 13.5. The lowest BCUT2D eigenvalue weighted by Gasteiger charge is -2.10. The number of benzene rings is 1. The molecule has 0 aliphatic rings. The molecule has 98 valence electrons. The summed E-state index contributed by atoms with van der Waals surface area (Å²) in [6, 6.07) is 7.04. The molecule has 0 unspecified atom stereocenters. The van der Waals surface area contributed by atoms with E-state index in [9.17, 15) is 4.79 Å². The lowest BCUT2D eigenvalue weighted by atomic mass is 10.3. The highest BCUT2D eigenvalue weighted by atomic mass is 16.6. The second-order valence-electron chi connectivity index (χ2n) is 3.76. The van der Waals surface area contributed by atoms with Gasteiger partial charge < -0.3 is 9.47 Å². The molecule has 0 N–H and O–H groups in total. The monoisotopic (exact) mass is 258 g/mol. The maximum Gasteiger partial charge on any atom is 0.311 e. The average Bonchev–Trinajstić information content (AvgIpc) is 2.47. The van der Waals surface area contributed by atoms with Gasteiger partial charge in [0.2, 0.25) is 0 Å². The van der Waals surface area contributed by atoms with E-state index in [1.54, 1.807) is 43.7 Å². The van der Waals surface area contributed by atoms with Crippen molar-refractivity contribution in [2.75, 3.05) is 0 Å². The van der Waals surface area contributed by atoms with Crippen LogP contribution in [0.15, 0.2) is 42.9 Å². The van der Waals surface area contributed by atoms with Crippen LogP contribution in [0.3, 0.4) is 0 Å². The summed E-state index contributed by atoms with van der Waals surface area (Å²) in [4.78, 5) is 19.4. The molecule has 19 heavy (non-hydrogen) atoms. The number of hydrogen-bond donors (Lipinski definition) is 0. The Kier molecular flexibility index (Phi) is 4.44. The number of hydrogen-bond acceptors (Lipinski definition) is 5. The van der Waals surface area contributed by atoms with E-state index in [-0.39, 0.29) is 12.6 Å². The number of ether oxygens (including phenoxy) is 2. The molecule has 2 aromatic rings. The van der Waals surface area contributed by atoms with Gasteiger partial charge in [-0.1, -0.05) is 19.1 Å². The summed E-state index contributed by atoms with van der Waals surface area (Å²) in [5.41, 5.74) is 0.708. The Morgan fingerprint density at radius 1 is 1.21 bits per heavy atom. The molecule has 0 radical (unpaired) electrons. The van der Waals surface area contributed by atoms with E-state index in [2.05, 4.69) is 9.97 Å². The van der Waals surface area contributed by atoms with E-state index in [0.29, 0.717) is 23.6 Å². The van der Waals surface area contributed by atoms with Gasteiger partial charge in [-0.25, -0.2) is 0 Å². The molecule has 1 aromatic carbocycles. The Bertz CT molecular complexity index is 543. The van der Waals surface area contributed by atoms with Crippen LogP contribution in [-0.2, 0) is 11.4 Å². The zero-order valence-corrected chi connectivity index (χ0v) is 10.6. The molecule has 0 fully saturated rings. The SMILES string of the molecule is CCC(=O)Oc1ccccc1OCc1cnccn1. The first kappa shape index (κ1) is 13.0. The van der Waals surface area contributed by atoms with Gasteiger partial charge in [-0.15, -0.1) is 0 Å². The fraction of sp³-hybridized carbons (Fsp3) is 0.214. The van der Waals surface area contributed by atoms with E-state index < -0.39 is 0 Å². The van der Waals surface area contributed by atoms with E-state index in [0.717, 1.165) is 0 Å². The van der Waals surface area contributed by atoms with Crippen molar-refractivity contribution >= 4 is 5.97 Å². The Morgan fingerprint density at radius 3 is 2.68 bits per heavy atom. The highest BCUT2D eigenvalue weighted by Gasteiger charge is 2.08. The number of aromatic nitrogens is 2. The van der Waals surface area contributed by atoms with Crippen molar-refractivity contribution < 1.29 is 14.3 Å². The maximum atomic E-state index is 11.3. The molecule has 0 atom stereocenters. The van der Waals surface area contributed by atoms with Crippen molar-refractivity contribution in [1.82, 2.24) is 9.97 Å². The highest BCUT2D eigenvalue weighted by Crippen LogP contribution is 2.27. The predicted octanol–water partition coefficient (Wildman–Crippen LogP) is 2.37. The van der Waals surface area contributed by atoms with Crippen LogP contribution in [0.1, 0.15) is 19.0 Å². The van der Waals surface area contributed by atoms with Gasteiger partial charge in [-0.05, 0) is 12.1 Å². The summed E-state index contributed by atoms with van der Waals surface area (Å²) in [6.07, 6.45) is 5.14. The van der Waals surface area contributed by atoms with Crippen LogP contribution in [0.5, 0.6) is 11.5 Å². The second-order valence-corrected chi connectivity index (χ2v) is 3.76. The molecule has 1 aromatic heterocycles. The molecule has 2 rings (SSSR count). The quantitative estimate of drug-likeness (QED) is 0.608. The molecule has 1 heterocycles.